The lowest BCUT2D eigenvalue weighted by Crippen LogP contribution is -2.01. The molecule has 19 heavy (non-hydrogen) atoms. The first-order valence-corrected chi connectivity index (χ1v) is 6.22. The topological polar surface area (TPSA) is 20.2 Å². The number of hydrogen-bond donors (Lipinski definition) is 1. The minimum absolute atomic E-state index is 0.344. The Balaban J connectivity index is 2.27. The molecule has 1 nitrogen and oxygen atoms in total. The lowest BCUT2D eigenvalue weighted by Gasteiger charge is -2.13. The van der Waals surface area contributed by atoms with E-state index < -0.39 is 17.7 Å². The molecule has 1 N–H and O–H groups in total. The van der Waals surface area contributed by atoms with Gasteiger partial charge in [0.05, 0.1) is 0 Å². The van der Waals surface area contributed by atoms with Crippen molar-refractivity contribution < 1.29 is 13.9 Å². The molecular formula is C16H16F2O. The van der Waals surface area contributed by atoms with Crippen molar-refractivity contribution in [1.29, 1.82) is 0 Å². The van der Waals surface area contributed by atoms with Crippen molar-refractivity contribution >= 4 is 0 Å². The molecule has 0 amide bonds. The first kappa shape index (κ1) is 13.7. The van der Waals surface area contributed by atoms with Gasteiger partial charge in [0.2, 0.25) is 0 Å². The largest absolute Gasteiger partial charge is 0.384 e. The standard InChI is InChI=1S/C16H16F2O/c1-10(2)11-3-5-12(6-4-11)16(19)13-7-8-14(17)15(18)9-13/h3-10,16,19H,1-2H3. The molecule has 0 aliphatic rings. The minimum atomic E-state index is -0.949. The van der Waals surface area contributed by atoms with Gasteiger partial charge >= 0.3 is 0 Å². The Morgan fingerprint density at radius 2 is 1.32 bits per heavy atom. The molecule has 1 unspecified atom stereocenters. The monoisotopic (exact) mass is 262 g/mol. The Morgan fingerprint density at radius 3 is 1.84 bits per heavy atom. The number of hydrogen-bond acceptors (Lipinski definition) is 1. The number of benzene rings is 2. The van der Waals surface area contributed by atoms with Crippen LogP contribution in [0, 0.1) is 11.6 Å². The molecule has 0 aliphatic heterocycles. The molecule has 2 aromatic rings. The predicted molar refractivity (Wildman–Crippen MR) is 71.0 cm³/mol. The van der Waals surface area contributed by atoms with Crippen LogP contribution in [-0.2, 0) is 0 Å². The van der Waals surface area contributed by atoms with E-state index in [2.05, 4.69) is 13.8 Å². The summed E-state index contributed by atoms with van der Waals surface area (Å²) in [6.45, 7) is 4.17. The Hall–Kier alpha value is -1.74. The highest BCUT2D eigenvalue weighted by Crippen LogP contribution is 2.25. The second-order valence-corrected chi connectivity index (χ2v) is 4.90. The summed E-state index contributed by atoms with van der Waals surface area (Å²) >= 11 is 0. The van der Waals surface area contributed by atoms with Gasteiger partial charge in [-0.2, -0.15) is 0 Å². The Kier molecular flexibility index (Phi) is 3.96. The van der Waals surface area contributed by atoms with Gasteiger partial charge in [0.1, 0.15) is 6.10 Å². The molecule has 0 spiro atoms. The maximum Gasteiger partial charge on any atom is 0.159 e. The highest BCUT2D eigenvalue weighted by molar-refractivity contribution is 5.33. The fourth-order valence-electron chi connectivity index (χ4n) is 1.94. The van der Waals surface area contributed by atoms with E-state index in [1.54, 1.807) is 12.1 Å². The molecule has 1 atom stereocenters. The normalized spacial score (nSPS) is 12.7. The van der Waals surface area contributed by atoms with E-state index in [0.29, 0.717) is 17.0 Å². The molecule has 2 aromatic carbocycles. The summed E-state index contributed by atoms with van der Waals surface area (Å²) in [4.78, 5) is 0. The van der Waals surface area contributed by atoms with Crippen LogP contribution in [0.5, 0.6) is 0 Å². The molecule has 2 rings (SSSR count). The van der Waals surface area contributed by atoms with Crippen LogP contribution in [0.4, 0.5) is 8.78 Å². The minimum Gasteiger partial charge on any atom is -0.384 e. The van der Waals surface area contributed by atoms with Gasteiger partial charge < -0.3 is 5.11 Å². The third kappa shape index (κ3) is 2.99. The van der Waals surface area contributed by atoms with Gasteiger partial charge in [0.25, 0.3) is 0 Å². The van der Waals surface area contributed by atoms with Crippen molar-refractivity contribution in [2.75, 3.05) is 0 Å². The van der Waals surface area contributed by atoms with Crippen LogP contribution in [0.25, 0.3) is 0 Å². The first-order chi connectivity index (χ1) is 8.99. The number of aliphatic hydroxyl groups is 1. The van der Waals surface area contributed by atoms with Crippen molar-refractivity contribution in [2.45, 2.75) is 25.9 Å². The van der Waals surface area contributed by atoms with Gasteiger partial charge in [-0.25, -0.2) is 8.78 Å². The molecule has 0 saturated carbocycles. The SMILES string of the molecule is CC(C)c1ccc(C(O)c2ccc(F)c(F)c2)cc1. The molecule has 0 bridgehead atoms. The zero-order valence-corrected chi connectivity index (χ0v) is 10.9. The van der Waals surface area contributed by atoms with E-state index in [-0.39, 0.29) is 0 Å². The smallest absolute Gasteiger partial charge is 0.159 e. The Bertz CT molecular complexity index is 561. The maximum atomic E-state index is 13.1. The lowest BCUT2D eigenvalue weighted by molar-refractivity contribution is 0.219. The first-order valence-electron chi connectivity index (χ1n) is 6.22. The summed E-state index contributed by atoms with van der Waals surface area (Å²) in [6.07, 6.45) is -0.948. The van der Waals surface area contributed by atoms with Crippen LogP contribution in [0.1, 0.15) is 42.6 Å². The Labute approximate surface area is 111 Å². The van der Waals surface area contributed by atoms with Crippen LogP contribution in [0.3, 0.4) is 0 Å². The van der Waals surface area contributed by atoms with Crippen molar-refractivity contribution in [3.05, 3.63) is 70.8 Å². The third-order valence-corrected chi connectivity index (χ3v) is 3.18. The van der Waals surface area contributed by atoms with E-state index in [1.807, 2.05) is 12.1 Å². The molecule has 100 valence electrons. The summed E-state index contributed by atoms with van der Waals surface area (Å²) in [5, 5.41) is 10.1. The lowest BCUT2D eigenvalue weighted by atomic mass is 9.97. The average molecular weight is 262 g/mol. The van der Waals surface area contributed by atoms with E-state index in [1.165, 1.54) is 11.6 Å². The highest BCUT2D eigenvalue weighted by Gasteiger charge is 2.13. The third-order valence-electron chi connectivity index (χ3n) is 3.18. The van der Waals surface area contributed by atoms with Crippen LogP contribution < -0.4 is 0 Å². The number of halogens is 2. The van der Waals surface area contributed by atoms with E-state index in [9.17, 15) is 13.9 Å². The van der Waals surface area contributed by atoms with Crippen molar-refractivity contribution in [1.82, 2.24) is 0 Å². The van der Waals surface area contributed by atoms with E-state index >= 15 is 0 Å². The summed E-state index contributed by atoms with van der Waals surface area (Å²) in [6, 6.07) is 10.9. The maximum absolute atomic E-state index is 13.1. The van der Waals surface area contributed by atoms with E-state index in [0.717, 1.165) is 12.1 Å². The molecule has 0 saturated heterocycles. The zero-order chi connectivity index (χ0) is 14.0. The molecule has 0 aromatic heterocycles. The van der Waals surface area contributed by atoms with Crippen molar-refractivity contribution in [2.24, 2.45) is 0 Å². The van der Waals surface area contributed by atoms with Crippen LogP contribution in [0.2, 0.25) is 0 Å². The fourth-order valence-corrected chi connectivity index (χ4v) is 1.94. The molecule has 0 radical (unpaired) electrons. The van der Waals surface area contributed by atoms with Gasteiger partial charge in [-0.3, -0.25) is 0 Å². The highest BCUT2D eigenvalue weighted by atomic mass is 19.2. The van der Waals surface area contributed by atoms with Gasteiger partial charge in [0.15, 0.2) is 11.6 Å². The van der Waals surface area contributed by atoms with Gasteiger partial charge in [-0.05, 0) is 34.7 Å². The van der Waals surface area contributed by atoms with Gasteiger partial charge in [0, 0.05) is 0 Å². The second kappa shape index (κ2) is 5.49. The van der Waals surface area contributed by atoms with Crippen molar-refractivity contribution in [3.8, 4) is 0 Å². The summed E-state index contributed by atoms with van der Waals surface area (Å²) < 4.78 is 26.0. The summed E-state index contributed by atoms with van der Waals surface area (Å²) in [5.74, 6) is -1.45. The molecule has 3 heteroatoms. The van der Waals surface area contributed by atoms with Gasteiger partial charge in [-0.1, -0.05) is 44.2 Å². The zero-order valence-electron chi connectivity index (χ0n) is 10.9. The molecular weight excluding hydrogens is 246 g/mol. The van der Waals surface area contributed by atoms with Crippen molar-refractivity contribution in [3.63, 3.8) is 0 Å². The summed E-state index contributed by atoms with van der Waals surface area (Å²) in [5.41, 5.74) is 2.17. The number of aliphatic hydroxyl groups excluding tert-OH is 1. The van der Waals surface area contributed by atoms with Crippen LogP contribution in [0.15, 0.2) is 42.5 Å². The number of rotatable bonds is 3. The second-order valence-electron chi connectivity index (χ2n) is 4.90. The van der Waals surface area contributed by atoms with Crippen LogP contribution in [-0.4, -0.2) is 5.11 Å². The fraction of sp³-hybridized carbons (Fsp3) is 0.250. The molecule has 0 heterocycles. The van der Waals surface area contributed by atoms with E-state index in [4.69, 9.17) is 0 Å². The molecule has 0 aliphatic carbocycles. The van der Waals surface area contributed by atoms with Gasteiger partial charge in [-0.15, -0.1) is 0 Å². The summed E-state index contributed by atoms with van der Waals surface area (Å²) in [7, 11) is 0. The Morgan fingerprint density at radius 1 is 0.789 bits per heavy atom. The quantitative estimate of drug-likeness (QED) is 0.880. The molecule has 0 fully saturated rings. The van der Waals surface area contributed by atoms with Crippen LogP contribution >= 0.6 is 0 Å². The average Bonchev–Trinajstić information content (AvgIpc) is 2.41. The predicted octanol–water partition coefficient (Wildman–Crippen LogP) is 4.17.